The van der Waals surface area contributed by atoms with Gasteiger partial charge in [0.25, 0.3) is 5.91 Å². The van der Waals surface area contributed by atoms with Crippen LogP contribution in [0.2, 0.25) is 0 Å². The van der Waals surface area contributed by atoms with Crippen molar-refractivity contribution in [1.82, 2.24) is 4.90 Å². The lowest BCUT2D eigenvalue weighted by Crippen LogP contribution is -2.49. The van der Waals surface area contributed by atoms with Gasteiger partial charge in [0.2, 0.25) is 0 Å². The molecule has 4 N–H and O–H groups in total. The number of likely N-dealkylation sites (tertiary alicyclic amines) is 1. The molecule has 7 heteroatoms. The zero-order chi connectivity index (χ0) is 16.3. The van der Waals surface area contributed by atoms with Crippen LogP contribution >= 0.6 is 0 Å². The number of nitrogens with zero attached hydrogens (tertiary/aromatic N) is 1. The van der Waals surface area contributed by atoms with Gasteiger partial charge in [0.15, 0.2) is 0 Å². The molecule has 1 aliphatic heterocycles. The van der Waals surface area contributed by atoms with E-state index >= 15 is 0 Å². The lowest BCUT2D eigenvalue weighted by Gasteiger charge is -2.36. The summed E-state index contributed by atoms with van der Waals surface area (Å²) in [6.45, 7) is 2.39. The topological polar surface area (TPSA) is 113 Å². The maximum Gasteiger partial charge on any atom is 0.326 e. The van der Waals surface area contributed by atoms with Crippen LogP contribution in [0.1, 0.15) is 30.1 Å². The number of hydrogen-bond acceptors (Lipinski definition) is 3. The molecule has 1 aromatic carbocycles. The zero-order valence-electron chi connectivity index (χ0n) is 12.3. The predicted molar refractivity (Wildman–Crippen MR) is 80.5 cm³/mol. The van der Waals surface area contributed by atoms with Gasteiger partial charge >= 0.3 is 12.0 Å². The Morgan fingerprint density at radius 1 is 1.36 bits per heavy atom. The van der Waals surface area contributed by atoms with Gasteiger partial charge in [0.1, 0.15) is 6.04 Å². The van der Waals surface area contributed by atoms with Crippen LogP contribution in [0.15, 0.2) is 24.3 Å². The van der Waals surface area contributed by atoms with Crippen LogP contribution in [-0.2, 0) is 4.79 Å². The average molecular weight is 305 g/mol. The Labute approximate surface area is 128 Å². The number of nitrogens with one attached hydrogen (secondary N) is 1. The molecule has 1 heterocycles. The third kappa shape index (κ3) is 3.55. The second-order valence-electron chi connectivity index (χ2n) is 5.55. The molecule has 0 saturated carbocycles. The van der Waals surface area contributed by atoms with Gasteiger partial charge in [0, 0.05) is 17.8 Å². The van der Waals surface area contributed by atoms with Gasteiger partial charge in [0.05, 0.1) is 0 Å². The van der Waals surface area contributed by atoms with E-state index in [0.29, 0.717) is 24.2 Å². The van der Waals surface area contributed by atoms with Crippen molar-refractivity contribution in [3.63, 3.8) is 0 Å². The number of primary amides is 1. The lowest BCUT2D eigenvalue weighted by molar-refractivity contribution is -0.144. The number of aliphatic carboxylic acids is 1. The first-order chi connectivity index (χ1) is 10.4. The van der Waals surface area contributed by atoms with Crippen LogP contribution in [0.5, 0.6) is 0 Å². The molecular weight excluding hydrogens is 286 g/mol. The number of carbonyl (C=O) groups excluding carboxylic acids is 2. The molecule has 0 aromatic heterocycles. The number of piperidine rings is 1. The van der Waals surface area contributed by atoms with E-state index < -0.39 is 18.0 Å². The SMILES string of the molecule is CC1CCN(C(=O)c2cccc(NC(N)=O)c2)C(C(=O)O)C1. The molecule has 0 spiro atoms. The van der Waals surface area contributed by atoms with Crippen molar-refractivity contribution >= 4 is 23.6 Å². The standard InChI is InChI=1S/C15H19N3O4/c1-9-5-6-18(12(7-9)14(20)21)13(19)10-3-2-4-11(8-10)17-15(16)22/h2-4,8-9,12H,5-7H2,1H3,(H,20,21)(H3,16,17,22). The molecule has 22 heavy (non-hydrogen) atoms. The molecule has 2 atom stereocenters. The van der Waals surface area contributed by atoms with Gasteiger partial charge < -0.3 is 21.1 Å². The van der Waals surface area contributed by atoms with Crippen molar-refractivity contribution in [3.05, 3.63) is 29.8 Å². The fourth-order valence-corrected chi connectivity index (χ4v) is 2.66. The summed E-state index contributed by atoms with van der Waals surface area (Å²) >= 11 is 0. The van der Waals surface area contributed by atoms with Gasteiger partial charge in [-0.2, -0.15) is 0 Å². The van der Waals surface area contributed by atoms with Crippen LogP contribution < -0.4 is 11.1 Å². The summed E-state index contributed by atoms with van der Waals surface area (Å²) in [6, 6.07) is 4.76. The van der Waals surface area contributed by atoms with E-state index in [1.807, 2.05) is 6.92 Å². The maximum absolute atomic E-state index is 12.6. The molecule has 3 amide bonds. The van der Waals surface area contributed by atoms with E-state index in [4.69, 9.17) is 5.73 Å². The third-order valence-corrected chi connectivity index (χ3v) is 3.79. The molecule has 0 bridgehead atoms. The summed E-state index contributed by atoms with van der Waals surface area (Å²) in [6.07, 6.45) is 1.22. The van der Waals surface area contributed by atoms with Crippen molar-refractivity contribution < 1.29 is 19.5 Å². The minimum absolute atomic E-state index is 0.271. The van der Waals surface area contributed by atoms with Gasteiger partial charge in [-0.15, -0.1) is 0 Å². The summed E-state index contributed by atoms with van der Waals surface area (Å²) in [7, 11) is 0. The minimum Gasteiger partial charge on any atom is -0.480 e. The summed E-state index contributed by atoms with van der Waals surface area (Å²) < 4.78 is 0. The molecule has 2 rings (SSSR count). The number of anilines is 1. The summed E-state index contributed by atoms with van der Waals surface area (Å²) in [5.41, 5.74) is 5.77. The van der Waals surface area contributed by atoms with Crippen molar-refractivity contribution in [2.75, 3.05) is 11.9 Å². The first kappa shape index (κ1) is 15.8. The molecule has 1 saturated heterocycles. The first-order valence-corrected chi connectivity index (χ1v) is 7.08. The van der Waals surface area contributed by atoms with E-state index in [1.54, 1.807) is 18.2 Å². The van der Waals surface area contributed by atoms with Crippen LogP contribution in [0, 0.1) is 5.92 Å². The minimum atomic E-state index is -0.994. The van der Waals surface area contributed by atoms with E-state index in [1.165, 1.54) is 11.0 Å². The zero-order valence-corrected chi connectivity index (χ0v) is 12.3. The highest BCUT2D eigenvalue weighted by Gasteiger charge is 2.35. The van der Waals surface area contributed by atoms with Crippen molar-refractivity contribution in [1.29, 1.82) is 0 Å². The second-order valence-corrected chi connectivity index (χ2v) is 5.55. The Kier molecular flexibility index (Phi) is 4.65. The van der Waals surface area contributed by atoms with Gasteiger partial charge in [-0.3, -0.25) is 4.79 Å². The molecule has 0 radical (unpaired) electrons. The second kappa shape index (κ2) is 6.46. The molecule has 1 fully saturated rings. The van der Waals surface area contributed by atoms with E-state index in [9.17, 15) is 19.5 Å². The Hall–Kier alpha value is -2.57. The fraction of sp³-hybridized carbons (Fsp3) is 0.400. The largest absolute Gasteiger partial charge is 0.480 e. The van der Waals surface area contributed by atoms with Gasteiger partial charge in [-0.1, -0.05) is 13.0 Å². The molecule has 7 nitrogen and oxygen atoms in total. The first-order valence-electron chi connectivity index (χ1n) is 7.08. The van der Waals surface area contributed by atoms with Crippen molar-refractivity contribution in [2.45, 2.75) is 25.8 Å². The number of carbonyl (C=O) groups is 3. The Morgan fingerprint density at radius 3 is 2.73 bits per heavy atom. The number of carboxylic acids is 1. The number of benzene rings is 1. The number of hydrogen-bond donors (Lipinski definition) is 3. The van der Waals surface area contributed by atoms with Crippen LogP contribution in [0.3, 0.4) is 0 Å². The van der Waals surface area contributed by atoms with Crippen LogP contribution in [0.4, 0.5) is 10.5 Å². The monoisotopic (exact) mass is 305 g/mol. The van der Waals surface area contributed by atoms with Crippen molar-refractivity contribution in [3.8, 4) is 0 Å². The lowest BCUT2D eigenvalue weighted by atomic mass is 9.92. The predicted octanol–water partition coefficient (Wildman–Crippen LogP) is 1.50. The molecular formula is C15H19N3O4. The summed E-state index contributed by atoms with van der Waals surface area (Å²) in [5, 5.41) is 11.7. The Bertz CT molecular complexity index is 602. The van der Waals surface area contributed by atoms with E-state index in [2.05, 4.69) is 5.32 Å². The van der Waals surface area contributed by atoms with Gasteiger partial charge in [-0.05, 0) is 37.0 Å². The molecule has 1 aromatic rings. The Morgan fingerprint density at radius 2 is 2.09 bits per heavy atom. The third-order valence-electron chi connectivity index (χ3n) is 3.79. The molecule has 2 unspecified atom stereocenters. The van der Waals surface area contributed by atoms with E-state index in [-0.39, 0.29) is 11.8 Å². The van der Waals surface area contributed by atoms with Crippen LogP contribution in [-0.4, -0.2) is 40.5 Å². The molecule has 1 aliphatic rings. The number of amides is 3. The molecule has 118 valence electrons. The smallest absolute Gasteiger partial charge is 0.326 e. The fourth-order valence-electron chi connectivity index (χ4n) is 2.66. The maximum atomic E-state index is 12.6. The summed E-state index contributed by atoms with van der Waals surface area (Å²) in [5.74, 6) is -1.08. The number of nitrogens with two attached hydrogens (primary N) is 1. The van der Waals surface area contributed by atoms with Crippen molar-refractivity contribution in [2.24, 2.45) is 11.7 Å². The number of urea groups is 1. The highest BCUT2D eigenvalue weighted by atomic mass is 16.4. The summed E-state index contributed by atoms with van der Waals surface area (Å²) in [4.78, 5) is 36.2. The quantitative estimate of drug-likeness (QED) is 0.785. The number of rotatable bonds is 3. The average Bonchev–Trinajstić information content (AvgIpc) is 2.46. The van der Waals surface area contributed by atoms with E-state index in [0.717, 1.165) is 6.42 Å². The molecule has 0 aliphatic carbocycles. The van der Waals surface area contributed by atoms with Crippen LogP contribution in [0.25, 0.3) is 0 Å². The normalized spacial score (nSPS) is 21.2. The van der Waals surface area contributed by atoms with Gasteiger partial charge in [-0.25, -0.2) is 9.59 Å². The highest BCUT2D eigenvalue weighted by Crippen LogP contribution is 2.25. The highest BCUT2D eigenvalue weighted by molar-refractivity contribution is 5.98. The number of carboxylic acid groups (broad SMARTS) is 1. The Balaban J connectivity index is 2.22.